The molecule has 0 fully saturated rings. The van der Waals surface area contributed by atoms with Gasteiger partial charge < -0.3 is 4.55 Å². The van der Waals surface area contributed by atoms with E-state index in [4.69, 9.17) is 23.2 Å². The Morgan fingerprint density at radius 1 is 1.50 bits per heavy atom. The van der Waals surface area contributed by atoms with Gasteiger partial charge in [0.25, 0.3) is 0 Å². The molecular weight excluding hydrogens is 171 g/mol. The summed E-state index contributed by atoms with van der Waals surface area (Å²) < 4.78 is 20.0. The lowest BCUT2D eigenvalue weighted by molar-refractivity contribution is 0.529. The molecule has 0 aliphatic rings. The van der Waals surface area contributed by atoms with Crippen molar-refractivity contribution in [1.82, 2.24) is 0 Å². The van der Waals surface area contributed by atoms with Crippen molar-refractivity contribution in [1.29, 1.82) is 0 Å². The molecule has 50 valence electrons. The van der Waals surface area contributed by atoms with Crippen LogP contribution in [0.25, 0.3) is 0 Å². The van der Waals surface area contributed by atoms with Gasteiger partial charge in [-0.05, 0) is 11.1 Å². The topological polar surface area (TPSA) is 40.1 Å². The first-order chi connectivity index (χ1) is 3.72. The van der Waals surface area contributed by atoms with Crippen molar-refractivity contribution in [3.05, 3.63) is 0 Å². The highest BCUT2D eigenvalue weighted by Gasteiger charge is 2.03. The first-order valence-corrected chi connectivity index (χ1v) is 4.13. The molecule has 0 amide bonds. The fraction of sp³-hybridized carbons (Fsp3) is 1.00. The van der Waals surface area contributed by atoms with Crippen molar-refractivity contribution in [2.24, 2.45) is 0 Å². The minimum Gasteiger partial charge on any atom is -0.772 e. The van der Waals surface area contributed by atoms with Gasteiger partial charge in [0.05, 0.1) is 0 Å². The molecule has 0 aromatic rings. The third-order valence-corrected chi connectivity index (χ3v) is 2.61. The van der Waals surface area contributed by atoms with E-state index in [1.807, 2.05) is 0 Å². The van der Waals surface area contributed by atoms with E-state index in [0.717, 1.165) is 0 Å². The van der Waals surface area contributed by atoms with Crippen LogP contribution in [-0.2, 0) is 11.1 Å². The summed E-state index contributed by atoms with van der Waals surface area (Å²) in [6, 6.07) is 0. The van der Waals surface area contributed by atoms with Gasteiger partial charge in [0.15, 0.2) is 0 Å². The van der Waals surface area contributed by atoms with Crippen LogP contribution in [0.5, 0.6) is 0 Å². The summed E-state index contributed by atoms with van der Waals surface area (Å²) in [7, 11) is 0. The van der Waals surface area contributed by atoms with Crippen LogP contribution in [0.3, 0.4) is 0 Å². The molecular formula is C3H5Cl2O2S-. The van der Waals surface area contributed by atoms with E-state index in [1.165, 1.54) is 0 Å². The smallest absolute Gasteiger partial charge is 0.0486 e. The molecule has 5 heteroatoms. The molecule has 2 nitrogen and oxygen atoms in total. The highest BCUT2D eigenvalue weighted by Crippen LogP contribution is 1.98. The molecule has 0 bridgehead atoms. The first kappa shape index (κ1) is 8.69. The zero-order valence-corrected chi connectivity index (χ0v) is 6.30. The molecule has 1 atom stereocenters. The summed E-state index contributed by atoms with van der Waals surface area (Å²) in [5.41, 5.74) is 0. The minimum absolute atomic E-state index is 0.0691. The summed E-state index contributed by atoms with van der Waals surface area (Å²) in [6.45, 7) is 0. The second-order valence-electron chi connectivity index (χ2n) is 1.19. The van der Waals surface area contributed by atoms with Crippen LogP contribution in [0, 0.1) is 0 Å². The Bertz CT molecular complexity index is 83.4. The number of halogens is 2. The predicted octanol–water partition coefficient (Wildman–Crippen LogP) is 0.712. The molecule has 0 saturated heterocycles. The second-order valence-corrected chi connectivity index (χ2v) is 3.00. The molecule has 0 spiro atoms. The average molecular weight is 176 g/mol. The molecule has 0 N–H and O–H groups in total. The first-order valence-electron chi connectivity index (χ1n) is 1.92. The van der Waals surface area contributed by atoms with Gasteiger partial charge in [-0.3, -0.25) is 4.21 Å². The number of hydrogen-bond acceptors (Lipinski definition) is 2. The highest BCUT2D eigenvalue weighted by molar-refractivity contribution is 7.80. The molecule has 1 unspecified atom stereocenters. The number of rotatable bonds is 3. The van der Waals surface area contributed by atoms with Gasteiger partial charge in [0.2, 0.25) is 0 Å². The predicted molar refractivity (Wildman–Crippen MR) is 34.1 cm³/mol. The maximum absolute atomic E-state index is 9.99. The van der Waals surface area contributed by atoms with Gasteiger partial charge in [0.1, 0.15) is 0 Å². The number of hydrogen-bond donors (Lipinski definition) is 0. The van der Waals surface area contributed by atoms with Gasteiger partial charge >= 0.3 is 0 Å². The van der Waals surface area contributed by atoms with Crippen molar-refractivity contribution in [2.75, 3.05) is 11.8 Å². The molecule has 0 rings (SSSR count). The SMILES string of the molecule is O=S([O-])C(CCl)CCl. The summed E-state index contributed by atoms with van der Waals surface area (Å²) in [4.78, 5) is 0. The van der Waals surface area contributed by atoms with Gasteiger partial charge in [-0.2, -0.15) is 0 Å². The molecule has 0 aromatic heterocycles. The summed E-state index contributed by atoms with van der Waals surface area (Å²) in [6.07, 6.45) is 0. The normalized spacial score (nSPS) is 14.5. The van der Waals surface area contributed by atoms with Gasteiger partial charge in [0, 0.05) is 17.0 Å². The lowest BCUT2D eigenvalue weighted by Gasteiger charge is -2.11. The van der Waals surface area contributed by atoms with Gasteiger partial charge in [-0.25, -0.2) is 0 Å². The number of alkyl halides is 2. The molecule has 0 heterocycles. The Labute approximate surface area is 60.5 Å². The van der Waals surface area contributed by atoms with E-state index in [-0.39, 0.29) is 11.8 Å². The Morgan fingerprint density at radius 3 is 1.88 bits per heavy atom. The van der Waals surface area contributed by atoms with Crippen molar-refractivity contribution in [2.45, 2.75) is 5.25 Å². The van der Waals surface area contributed by atoms with E-state index < -0.39 is 16.3 Å². The molecule has 0 saturated carbocycles. The van der Waals surface area contributed by atoms with E-state index in [2.05, 4.69) is 0 Å². The lowest BCUT2D eigenvalue weighted by Crippen LogP contribution is -2.17. The third-order valence-electron chi connectivity index (χ3n) is 0.616. The zero-order chi connectivity index (χ0) is 6.57. The highest BCUT2D eigenvalue weighted by atomic mass is 35.5. The minimum atomic E-state index is -2.12. The van der Waals surface area contributed by atoms with Crippen LogP contribution < -0.4 is 0 Å². The Kier molecular flexibility index (Phi) is 4.95. The van der Waals surface area contributed by atoms with E-state index in [1.54, 1.807) is 0 Å². The van der Waals surface area contributed by atoms with Crippen LogP contribution in [0.1, 0.15) is 0 Å². The Balaban J connectivity index is 3.52. The van der Waals surface area contributed by atoms with Crippen LogP contribution >= 0.6 is 23.2 Å². The van der Waals surface area contributed by atoms with E-state index in [9.17, 15) is 8.76 Å². The fourth-order valence-electron chi connectivity index (χ4n) is 0.144. The van der Waals surface area contributed by atoms with Crippen molar-refractivity contribution >= 4 is 34.3 Å². The van der Waals surface area contributed by atoms with Gasteiger partial charge in [-0.15, -0.1) is 23.2 Å². The van der Waals surface area contributed by atoms with E-state index in [0.29, 0.717) is 0 Å². The van der Waals surface area contributed by atoms with Crippen LogP contribution in [0.2, 0.25) is 0 Å². The maximum atomic E-state index is 9.99. The molecule has 0 radical (unpaired) electrons. The van der Waals surface area contributed by atoms with Crippen molar-refractivity contribution in [3.63, 3.8) is 0 Å². The maximum Gasteiger partial charge on any atom is 0.0486 e. The summed E-state index contributed by atoms with van der Waals surface area (Å²) in [5.74, 6) is 0.138. The van der Waals surface area contributed by atoms with E-state index >= 15 is 0 Å². The fourth-order valence-corrected chi connectivity index (χ4v) is 1.30. The second kappa shape index (κ2) is 4.56. The summed E-state index contributed by atoms with van der Waals surface area (Å²) in [5, 5.41) is -0.599. The monoisotopic (exact) mass is 175 g/mol. The van der Waals surface area contributed by atoms with Crippen molar-refractivity contribution < 1.29 is 8.76 Å². The Hall–Kier alpha value is 0.690. The summed E-state index contributed by atoms with van der Waals surface area (Å²) >= 11 is 8.25. The quantitative estimate of drug-likeness (QED) is 0.469. The average Bonchev–Trinajstić information content (AvgIpc) is 1.69. The van der Waals surface area contributed by atoms with Crippen molar-refractivity contribution in [3.8, 4) is 0 Å². The molecule has 8 heavy (non-hydrogen) atoms. The third kappa shape index (κ3) is 2.87. The zero-order valence-electron chi connectivity index (χ0n) is 3.97. The van der Waals surface area contributed by atoms with Crippen LogP contribution in [-0.4, -0.2) is 25.8 Å². The molecule has 0 aromatic carbocycles. The largest absolute Gasteiger partial charge is 0.772 e. The standard InChI is InChI=1S/C3H6Cl2O2S/c4-1-3(2-5)8(6)7/h3H,1-2H2,(H,6,7)/p-1. The Morgan fingerprint density at radius 2 is 1.88 bits per heavy atom. The van der Waals surface area contributed by atoms with Crippen LogP contribution in [0.15, 0.2) is 0 Å². The molecule has 0 aliphatic heterocycles. The molecule has 0 aliphatic carbocycles. The van der Waals surface area contributed by atoms with Gasteiger partial charge in [-0.1, -0.05) is 0 Å². The lowest BCUT2D eigenvalue weighted by atomic mass is 10.6. The van der Waals surface area contributed by atoms with Crippen LogP contribution in [0.4, 0.5) is 0 Å².